The molecule has 0 atom stereocenters. The van der Waals surface area contributed by atoms with E-state index in [-0.39, 0.29) is 0 Å². The maximum absolute atomic E-state index is 3.57. The molecule has 8 aromatic rings. The highest BCUT2D eigenvalue weighted by atomic mass is 15.1. The molecule has 184 valence electrons. The number of hydrogen-bond acceptors (Lipinski definition) is 1. The van der Waals surface area contributed by atoms with Gasteiger partial charge in [-0.2, -0.15) is 0 Å². The van der Waals surface area contributed by atoms with Crippen molar-refractivity contribution in [3.8, 4) is 5.69 Å². The largest absolute Gasteiger partial charge is 0.355 e. The van der Waals surface area contributed by atoms with Crippen LogP contribution in [-0.2, 0) is 0 Å². The van der Waals surface area contributed by atoms with Gasteiger partial charge in [-0.25, -0.2) is 0 Å². The maximum atomic E-state index is 3.57. The van der Waals surface area contributed by atoms with Crippen molar-refractivity contribution < 1.29 is 0 Å². The van der Waals surface area contributed by atoms with Crippen molar-refractivity contribution in [1.29, 1.82) is 0 Å². The van der Waals surface area contributed by atoms with E-state index in [1.807, 2.05) is 0 Å². The van der Waals surface area contributed by atoms with Crippen LogP contribution in [0.2, 0.25) is 0 Å². The molecule has 3 nitrogen and oxygen atoms in total. The molecule has 0 aliphatic carbocycles. The first kappa shape index (κ1) is 21.8. The van der Waals surface area contributed by atoms with Crippen LogP contribution >= 0.6 is 0 Å². The molecule has 1 N–H and O–H groups in total. The van der Waals surface area contributed by atoms with E-state index in [1.165, 1.54) is 38.3 Å². The summed E-state index contributed by atoms with van der Waals surface area (Å²) in [4.78, 5) is 5.92. The Kier molecular flexibility index (Phi) is 4.82. The van der Waals surface area contributed by atoms with Gasteiger partial charge in [0, 0.05) is 55.3 Å². The van der Waals surface area contributed by atoms with Crippen molar-refractivity contribution in [3.63, 3.8) is 0 Å². The zero-order valence-corrected chi connectivity index (χ0v) is 21.3. The molecule has 0 saturated carbocycles. The van der Waals surface area contributed by atoms with Gasteiger partial charge in [-0.15, -0.1) is 0 Å². The van der Waals surface area contributed by atoms with Crippen molar-refractivity contribution in [2.75, 3.05) is 4.90 Å². The third-order valence-electron chi connectivity index (χ3n) is 7.69. The molecule has 0 radical (unpaired) electrons. The Labute approximate surface area is 226 Å². The number of para-hydroxylation sites is 4. The fourth-order valence-electron chi connectivity index (χ4n) is 5.95. The van der Waals surface area contributed by atoms with Gasteiger partial charge in [0.05, 0.1) is 11.0 Å². The number of hydrogen-bond donors (Lipinski definition) is 1. The molecule has 6 aromatic carbocycles. The van der Waals surface area contributed by atoms with Gasteiger partial charge in [0.25, 0.3) is 0 Å². The van der Waals surface area contributed by atoms with Gasteiger partial charge in [0.2, 0.25) is 0 Å². The van der Waals surface area contributed by atoms with E-state index >= 15 is 0 Å². The number of aromatic nitrogens is 2. The SMILES string of the molecule is c1ccc(N(c2ccc3[nH]c4ccccc4c3c2)c2ccc3c(c2)c2ccccc2n3-c2ccccc2)cc1. The Morgan fingerprint density at radius 3 is 1.82 bits per heavy atom. The summed E-state index contributed by atoms with van der Waals surface area (Å²) in [6.45, 7) is 0. The highest BCUT2D eigenvalue weighted by molar-refractivity contribution is 6.11. The van der Waals surface area contributed by atoms with E-state index in [9.17, 15) is 0 Å². The molecule has 0 aliphatic heterocycles. The van der Waals surface area contributed by atoms with Gasteiger partial charge >= 0.3 is 0 Å². The average molecular weight is 500 g/mol. The van der Waals surface area contributed by atoms with Crippen LogP contribution in [0.25, 0.3) is 49.3 Å². The molecule has 3 heteroatoms. The summed E-state index contributed by atoms with van der Waals surface area (Å²) in [5, 5.41) is 4.95. The first-order chi connectivity index (χ1) is 19.3. The Morgan fingerprint density at radius 2 is 1.00 bits per heavy atom. The van der Waals surface area contributed by atoms with Crippen molar-refractivity contribution in [3.05, 3.63) is 146 Å². The van der Waals surface area contributed by atoms with Gasteiger partial charge in [0.15, 0.2) is 0 Å². The predicted octanol–water partition coefficient (Wildman–Crippen LogP) is 9.89. The molecule has 0 saturated heterocycles. The van der Waals surface area contributed by atoms with E-state index in [2.05, 4.69) is 160 Å². The molecule has 39 heavy (non-hydrogen) atoms. The van der Waals surface area contributed by atoms with Gasteiger partial charge in [-0.3, -0.25) is 0 Å². The normalized spacial score (nSPS) is 11.6. The number of aromatic amines is 1. The van der Waals surface area contributed by atoms with Crippen LogP contribution in [0.15, 0.2) is 146 Å². The van der Waals surface area contributed by atoms with Crippen LogP contribution in [0.4, 0.5) is 17.1 Å². The lowest BCUT2D eigenvalue weighted by Gasteiger charge is -2.26. The summed E-state index contributed by atoms with van der Waals surface area (Å²) in [7, 11) is 0. The Balaban J connectivity index is 1.38. The van der Waals surface area contributed by atoms with Crippen molar-refractivity contribution >= 4 is 60.7 Å². The summed E-state index contributed by atoms with van der Waals surface area (Å²) in [6.07, 6.45) is 0. The molecule has 0 fully saturated rings. The first-order valence-electron chi connectivity index (χ1n) is 13.3. The minimum Gasteiger partial charge on any atom is -0.355 e. The van der Waals surface area contributed by atoms with E-state index in [0.29, 0.717) is 0 Å². The lowest BCUT2D eigenvalue weighted by Crippen LogP contribution is -2.09. The Hall–Kier alpha value is -5.28. The second-order valence-corrected chi connectivity index (χ2v) is 9.96. The van der Waals surface area contributed by atoms with Crippen LogP contribution in [0.5, 0.6) is 0 Å². The monoisotopic (exact) mass is 499 g/mol. The molecular formula is C36H25N3. The molecule has 2 aromatic heterocycles. The number of H-pyrrole nitrogens is 1. The number of nitrogens with one attached hydrogen (secondary N) is 1. The molecule has 2 heterocycles. The zero-order chi connectivity index (χ0) is 25.8. The molecular weight excluding hydrogens is 474 g/mol. The van der Waals surface area contributed by atoms with Crippen molar-refractivity contribution in [2.24, 2.45) is 0 Å². The minimum atomic E-state index is 1.13. The van der Waals surface area contributed by atoms with Crippen molar-refractivity contribution in [2.45, 2.75) is 0 Å². The fraction of sp³-hybridized carbons (Fsp3) is 0. The molecule has 8 rings (SSSR count). The van der Waals surface area contributed by atoms with Crippen LogP contribution < -0.4 is 4.90 Å². The third-order valence-corrected chi connectivity index (χ3v) is 7.69. The third kappa shape index (κ3) is 3.44. The minimum absolute atomic E-state index is 1.13. The smallest absolute Gasteiger partial charge is 0.0542 e. The summed E-state index contributed by atoms with van der Waals surface area (Å²) in [6, 6.07) is 52.0. The summed E-state index contributed by atoms with van der Waals surface area (Å²) < 4.78 is 2.36. The molecule has 0 unspecified atom stereocenters. The zero-order valence-electron chi connectivity index (χ0n) is 21.3. The summed E-state index contributed by atoms with van der Waals surface area (Å²) >= 11 is 0. The average Bonchev–Trinajstić information content (AvgIpc) is 3.54. The molecule has 0 spiro atoms. The number of fused-ring (bicyclic) bond motifs is 6. The second kappa shape index (κ2) is 8.64. The summed E-state index contributed by atoms with van der Waals surface area (Å²) in [5.41, 5.74) is 9.27. The highest BCUT2D eigenvalue weighted by Crippen LogP contribution is 2.41. The van der Waals surface area contributed by atoms with Crippen LogP contribution in [0.3, 0.4) is 0 Å². The lowest BCUT2D eigenvalue weighted by atomic mass is 10.1. The van der Waals surface area contributed by atoms with Gasteiger partial charge in [-0.05, 0) is 72.8 Å². The molecule has 0 bridgehead atoms. The van der Waals surface area contributed by atoms with E-state index in [0.717, 1.165) is 28.1 Å². The summed E-state index contributed by atoms with van der Waals surface area (Å²) in [5.74, 6) is 0. The Bertz CT molecular complexity index is 2120. The topological polar surface area (TPSA) is 24.0 Å². The molecule has 0 amide bonds. The number of benzene rings is 6. The van der Waals surface area contributed by atoms with Gasteiger partial charge < -0.3 is 14.5 Å². The quantitative estimate of drug-likeness (QED) is 0.256. The first-order valence-corrected chi connectivity index (χ1v) is 13.3. The van der Waals surface area contributed by atoms with E-state index in [4.69, 9.17) is 0 Å². The van der Waals surface area contributed by atoms with Crippen LogP contribution in [0, 0.1) is 0 Å². The van der Waals surface area contributed by atoms with Crippen LogP contribution in [-0.4, -0.2) is 9.55 Å². The maximum Gasteiger partial charge on any atom is 0.0542 e. The predicted molar refractivity (Wildman–Crippen MR) is 165 cm³/mol. The Morgan fingerprint density at radius 1 is 0.410 bits per heavy atom. The highest BCUT2D eigenvalue weighted by Gasteiger charge is 2.18. The fourth-order valence-corrected chi connectivity index (χ4v) is 5.95. The number of rotatable bonds is 4. The number of nitrogens with zero attached hydrogens (tertiary/aromatic N) is 2. The second-order valence-electron chi connectivity index (χ2n) is 9.96. The number of anilines is 3. The van der Waals surface area contributed by atoms with Crippen molar-refractivity contribution in [1.82, 2.24) is 9.55 Å². The standard InChI is InChI=1S/C36H25N3/c1-3-11-25(12-4-1)38(27-19-21-34-31(23-27)29-15-7-9-17-33(29)37-34)28-20-22-36-32(24-28)30-16-8-10-18-35(30)39(36)26-13-5-2-6-14-26/h1-24,37H. The van der Waals surface area contributed by atoms with Gasteiger partial charge in [-0.1, -0.05) is 72.8 Å². The van der Waals surface area contributed by atoms with Gasteiger partial charge in [0.1, 0.15) is 0 Å². The van der Waals surface area contributed by atoms with E-state index < -0.39 is 0 Å². The molecule has 0 aliphatic rings. The van der Waals surface area contributed by atoms with E-state index in [1.54, 1.807) is 0 Å². The lowest BCUT2D eigenvalue weighted by molar-refractivity contribution is 1.18. The van der Waals surface area contributed by atoms with Crippen LogP contribution in [0.1, 0.15) is 0 Å².